The molecule has 1 amide bonds. The lowest BCUT2D eigenvalue weighted by molar-refractivity contribution is -0.138. The van der Waals surface area contributed by atoms with Gasteiger partial charge in [-0.1, -0.05) is 12.1 Å². The summed E-state index contributed by atoms with van der Waals surface area (Å²) in [6, 6.07) is 5.97. The van der Waals surface area contributed by atoms with Crippen molar-refractivity contribution in [1.82, 2.24) is 15.2 Å². The van der Waals surface area contributed by atoms with E-state index in [1.165, 1.54) is 13.0 Å². The van der Waals surface area contributed by atoms with Crippen molar-refractivity contribution in [2.45, 2.75) is 33.0 Å². The Hall–Kier alpha value is -3.47. The van der Waals surface area contributed by atoms with Crippen LogP contribution in [0.15, 0.2) is 30.5 Å². The topological polar surface area (TPSA) is 110 Å². The summed E-state index contributed by atoms with van der Waals surface area (Å²) in [6.45, 7) is 6.88. The van der Waals surface area contributed by atoms with Crippen molar-refractivity contribution in [3.8, 4) is 0 Å². The van der Waals surface area contributed by atoms with Gasteiger partial charge in [0, 0.05) is 50.2 Å². The van der Waals surface area contributed by atoms with Crippen molar-refractivity contribution in [2.75, 3.05) is 44.3 Å². The summed E-state index contributed by atoms with van der Waals surface area (Å²) < 4.78 is 45.2. The summed E-state index contributed by atoms with van der Waals surface area (Å²) >= 11 is 0. The maximum atomic E-state index is 13.3. The van der Waals surface area contributed by atoms with Crippen LogP contribution >= 0.6 is 0 Å². The molecule has 0 bridgehead atoms. The van der Waals surface area contributed by atoms with E-state index >= 15 is 0 Å². The molecule has 1 aromatic heterocycles. The fourth-order valence-electron chi connectivity index (χ4n) is 4.79. The molecule has 0 radical (unpaired) electrons. The molecule has 1 aromatic carbocycles. The molecule has 2 saturated heterocycles. The molecule has 2 aliphatic rings. The van der Waals surface area contributed by atoms with Crippen LogP contribution in [0.2, 0.25) is 0 Å². The zero-order chi connectivity index (χ0) is 26.7. The van der Waals surface area contributed by atoms with Gasteiger partial charge in [0.2, 0.25) is 5.91 Å². The molecule has 3 heterocycles. The number of rotatable bonds is 5. The number of nitrogens with two attached hydrogens (primary N) is 2. The number of nitrogens with one attached hydrogen (secondary N) is 1. The van der Waals surface area contributed by atoms with Gasteiger partial charge >= 0.3 is 6.18 Å². The van der Waals surface area contributed by atoms with E-state index < -0.39 is 11.7 Å². The predicted octanol–water partition coefficient (Wildman–Crippen LogP) is 0.995. The maximum absolute atomic E-state index is 13.3. The number of carbonyl (C=O) groups is 1. The number of amides is 1. The number of piperazine rings is 1. The van der Waals surface area contributed by atoms with Crippen molar-refractivity contribution in [1.29, 1.82) is 0 Å². The van der Waals surface area contributed by atoms with Gasteiger partial charge in [-0.2, -0.15) is 13.2 Å². The minimum Gasteiger partial charge on any atom is -0.401 e. The first-order valence-electron chi connectivity index (χ1n) is 12.3. The SMILES string of the molecule is C/C(N)=c1\ncc(N2CCN(C(=O)C3CCOC3)CC2)c\c1=C(\N)NCc1cccc(C(F)(F)F)c1C. The molecule has 2 aliphatic heterocycles. The van der Waals surface area contributed by atoms with Crippen LogP contribution in [0.3, 0.4) is 0 Å². The number of benzene rings is 1. The molecule has 1 unspecified atom stereocenters. The summed E-state index contributed by atoms with van der Waals surface area (Å²) in [5.41, 5.74) is 13.7. The Morgan fingerprint density at radius 1 is 1.22 bits per heavy atom. The fraction of sp³-hybridized carbons (Fsp3) is 0.462. The standard InChI is InChI=1S/C26H33F3N6O2/c1-16-18(4-3-5-22(16)26(27,28)29)13-33-24(31)21-12-20(14-32-23(21)17(2)30)34-7-9-35(10-8-34)25(36)19-6-11-37-15-19/h3-5,12,14,19,33H,6-11,13,15,30-31H2,1-2H3/b23-17+,24-21+. The Bertz CT molecular complexity index is 1260. The van der Waals surface area contributed by atoms with E-state index in [0.717, 1.165) is 18.2 Å². The van der Waals surface area contributed by atoms with Crippen molar-refractivity contribution >= 4 is 23.1 Å². The number of halogens is 3. The monoisotopic (exact) mass is 518 g/mol. The smallest absolute Gasteiger partial charge is 0.401 e. The number of nitrogens with zero attached hydrogens (tertiary/aromatic N) is 3. The highest BCUT2D eigenvalue weighted by Gasteiger charge is 2.33. The second-order valence-corrected chi connectivity index (χ2v) is 9.50. The van der Waals surface area contributed by atoms with Gasteiger partial charge in [0.25, 0.3) is 0 Å². The molecule has 2 aromatic rings. The molecule has 8 nitrogen and oxygen atoms in total. The maximum Gasteiger partial charge on any atom is 0.416 e. The average molecular weight is 519 g/mol. The molecular formula is C26H33F3N6O2. The Labute approximate surface area is 213 Å². The van der Waals surface area contributed by atoms with Crippen LogP contribution in [-0.4, -0.2) is 55.2 Å². The van der Waals surface area contributed by atoms with E-state index in [4.69, 9.17) is 16.2 Å². The van der Waals surface area contributed by atoms with Gasteiger partial charge in [-0.3, -0.25) is 9.78 Å². The van der Waals surface area contributed by atoms with E-state index in [2.05, 4.69) is 15.2 Å². The predicted molar refractivity (Wildman–Crippen MR) is 135 cm³/mol. The number of carbonyl (C=O) groups excluding carboxylic acids is 1. The van der Waals surface area contributed by atoms with Gasteiger partial charge in [0.15, 0.2) is 0 Å². The van der Waals surface area contributed by atoms with Crippen LogP contribution in [-0.2, 0) is 22.3 Å². The molecule has 5 N–H and O–H groups in total. The number of alkyl halides is 3. The van der Waals surface area contributed by atoms with Crippen LogP contribution in [0, 0.1) is 12.8 Å². The fourth-order valence-corrected chi connectivity index (χ4v) is 4.79. The van der Waals surface area contributed by atoms with Crippen LogP contribution in [0.25, 0.3) is 11.5 Å². The van der Waals surface area contributed by atoms with Gasteiger partial charge in [-0.25, -0.2) is 0 Å². The van der Waals surface area contributed by atoms with Crippen molar-refractivity contribution in [3.05, 3.63) is 57.7 Å². The molecule has 1 atom stereocenters. The quantitative estimate of drug-likeness (QED) is 0.542. The first-order chi connectivity index (χ1) is 17.6. The molecule has 0 saturated carbocycles. The summed E-state index contributed by atoms with van der Waals surface area (Å²) in [5.74, 6) is 0.357. The van der Waals surface area contributed by atoms with Crippen LogP contribution in [0.4, 0.5) is 18.9 Å². The molecule has 2 fully saturated rings. The molecule has 0 spiro atoms. The Morgan fingerprint density at radius 3 is 2.57 bits per heavy atom. The van der Waals surface area contributed by atoms with Gasteiger partial charge in [-0.15, -0.1) is 0 Å². The third-order valence-corrected chi connectivity index (χ3v) is 6.99. The third-order valence-electron chi connectivity index (χ3n) is 6.99. The molecule has 11 heteroatoms. The number of hydrogen-bond acceptors (Lipinski definition) is 7. The van der Waals surface area contributed by atoms with E-state index in [0.29, 0.717) is 61.2 Å². The van der Waals surface area contributed by atoms with Gasteiger partial charge < -0.3 is 31.3 Å². The normalized spacial score (nSPS) is 20.1. The van der Waals surface area contributed by atoms with E-state index in [1.54, 1.807) is 19.2 Å². The Kier molecular flexibility index (Phi) is 7.82. The van der Waals surface area contributed by atoms with Crippen LogP contribution in [0.5, 0.6) is 0 Å². The lowest BCUT2D eigenvalue weighted by Crippen LogP contribution is -2.51. The van der Waals surface area contributed by atoms with Crippen molar-refractivity contribution in [2.24, 2.45) is 17.4 Å². The molecule has 200 valence electrons. The lowest BCUT2D eigenvalue weighted by Gasteiger charge is -2.37. The average Bonchev–Trinajstić information content (AvgIpc) is 3.41. The van der Waals surface area contributed by atoms with Crippen LogP contribution in [0.1, 0.15) is 30.0 Å². The highest BCUT2D eigenvalue weighted by atomic mass is 19.4. The summed E-state index contributed by atoms with van der Waals surface area (Å²) in [4.78, 5) is 21.2. The van der Waals surface area contributed by atoms with Gasteiger partial charge in [-0.05, 0) is 43.5 Å². The molecular weight excluding hydrogens is 485 g/mol. The highest BCUT2D eigenvalue weighted by molar-refractivity contribution is 5.79. The van der Waals surface area contributed by atoms with Gasteiger partial charge in [0.1, 0.15) is 5.82 Å². The van der Waals surface area contributed by atoms with E-state index in [1.807, 2.05) is 11.0 Å². The summed E-state index contributed by atoms with van der Waals surface area (Å²) in [7, 11) is 0. The van der Waals surface area contributed by atoms with Crippen LogP contribution < -0.4 is 32.3 Å². The number of hydrogen-bond donors (Lipinski definition) is 3. The number of pyridine rings is 1. The molecule has 4 rings (SSSR count). The van der Waals surface area contributed by atoms with E-state index in [9.17, 15) is 18.0 Å². The zero-order valence-corrected chi connectivity index (χ0v) is 21.1. The summed E-state index contributed by atoms with van der Waals surface area (Å²) in [6.07, 6.45) is -1.93. The minimum atomic E-state index is -4.42. The number of ether oxygens (including phenoxy) is 1. The molecule has 0 aliphatic carbocycles. The van der Waals surface area contributed by atoms with Crippen molar-refractivity contribution < 1.29 is 22.7 Å². The van der Waals surface area contributed by atoms with E-state index in [-0.39, 0.29) is 29.8 Å². The first-order valence-corrected chi connectivity index (χ1v) is 12.3. The lowest BCUT2D eigenvalue weighted by atomic mass is 10.0. The number of aromatic nitrogens is 1. The second-order valence-electron chi connectivity index (χ2n) is 9.50. The summed E-state index contributed by atoms with van der Waals surface area (Å²) in [5, 5.41) is 4.13. The zero-order valence-electron chi connectivity index (χ0n) is 21.1. The van der Waals surface area contributed by atoms with Gasteiger partial charge in [0.05, 0.1) is 35.3 Å². The minimum absolute atomic E-state index is 0.0527. The largest absolute Gasteiger partial charge is 0.416 e. The molecule has 37 heavy (non-hydrogen) atoms. The van der Waals surface area contributed by atoms with Crippen molar-refractivity contribution in [3.63, 3.8) is 0 Å². The second kappa shape index (κ2) is 10.9. The Morgan fingerprint density at radius 2 is 1.95 bits per heavy atom. The number of anilines is 1. The Balaban J connectivity index is 1.54. The first kappa shape index (κ1) is 26.6. The highest BCUT2D eigenvalue weighted by Crippen LogP contribution is 2.32. The third kappa shape index (κ3) is 5.93.